The summed E-state index contributed by atoms with van der Waals surface area (Å²) in [6, 6.07) is 4.85. The molecule has 0 bridgehead atoms. The van der Waals surface area contributed by atoms with Crippen molar-refractivity contribution in [1.82, 2.24) is 4.90 Å². The van der Waals surface area contributed by atoms with Crippen LogP contribution in [0.3, 0.4) is 0 Å². The van der Waals surface area contributed by atoms with Crippen LogP contribution in [0.15, 0.2) is 24.3 Å². The van der Waals surface area contributed by atoms with Crippen LogP contribution in [-0.4, -0.2) is 35.9 Å². The van der Waals surface area contributed by atoms with Gasteiger partial charge in [0, 0.05) is 24.2 Å². The Labute approximate surface area is 185 Å². The molecule has 6 heteroatoms. The van der Waals surface area contributed by atoms with Gasteiger partial charge in [0.15, 0.2) is 0 Å². The molecule has 0 spiro atoms. The highest BCUT2D eigenvalue weighted by molar-refractivity contribution is 6.01. The molecule has 0 atom stereocenters. The van der Waals surface area contributed by atoms with Crippen LogP contribution in [-0.2, 0) is 0 Å². The van der Waals surface area contributed by atoms with Crippen LogP contribution >= 0.6 is 0 Å². The molecule has 0 fully saturated rings. The largest absolute Gasteiger partial charge is 0.454 e. The lowest BCUT2D eigenvalue weighted by Gasteiger charge is -2.23. The Bertz CT molecular complexity index is 625. The predicted octanol–water partition coefficient (Wildman–Crippen LogP) is 7.59. The first kappa shape index (κ1) is 27.2. The van der Waals surface area contributed by atoms with E-state index in [-0.39, 0.29) is 5.91 Å². The standard InChI is InChI=1S/C25H38F3NO2/c1-3-5-7-9-11-13-19-29(20-14-12-10-8-6-4-2)24(31)22-17-15-21(16-18-22)23(30)25(26,27)28/h15-18H,3-14,19-20H2,1-2H3. The summed E-state index contributed by atoms with van der Waals surface area (Å²) in [4.78, 5) is 26.2. The summed E-state index contributed by atoms with van der Waals surface area (Å²) < 4.78 is 37.8. The first-order chi connectivity index (χ1) is 14.8. The van der Waals surface area contributed by atoms with Gasteiger partial charge in [0.2, 0.25) is 0 Å². The predicted molar refractivity (Wildman–Crippen MR) is 119 cm³/mol. The van der Waals surface area contributed by atoms with Gasteiger partial charge < -0.3 is 4.90 Å². The molecule has 1 aromatic carbocycles. The van der Waals surface area contributed by atoms with Crippen molar-refractivity contribution in [2.24, 2.45) is 0 Å². The molecule has 0 aliphatic rings. The zero-order chi connectivity index (χ0) is 23.1. The third-order valence-electron chi connectivity index (χ3n) is 5.50. The summed E-state index contributed by atoms with van der Waals surface area (Å²) in [7, 11) is 0. The summed E-state index contributed by atoms with van der Waals surface area (Å²) in [6.07, 6.45) is 8.63. The van der Waals surface area contributed by atoms with E-state index in [1.165, 1.54) is 50.7 Å². The normalized spacial score (nSPS) is 11.5. The third-order valence-corrected chi connectivity index (χ3v) is 5.50. The number of unbranched alkanes of at least 4 members (excludes halogenated alkanes) is 10. The molecule has 1 aromatic rings. The van der Waals surface area contributed by atoms with Crippen molar-refractivity contribution in [2.45, 2.75) is 97.1 Å². The van der Waals surface area contributed by atoms with Crippen molar-refractivity contribution in [2.75, 3.05) is 13.1 Å². The second-order valence-corrected chi connectivity index (χ2v) is 8.23. The highest BCUT2D eigenvalue weighted by Gasteiger charge is 2.39. The van der Waals surface area contributed by atoms with Gasteiger partial charge in [-0.2, -0.15) is 13.2 Å². The summed E-state index contributed by atoms with van der Waals surface area (Å²) in [6.45, 7) is 5.66. The molecule has 176 valence electrons. The fraction of sp³-hybridized carbons (Fsp3) is 0.680. The number of halogens is 3. The first-order valence-corrected chi connectivity index (χ1v) is 11.8. The summed E-state index contributed by atoms with van der Waals surface area (Å²) in [5.41, 5.74) is -0.113. The Morgan fingerprint density at radius 1 is 0.677 bits per heavy atom. The second kappa shape index (κ2) is 15.0. The maximum Gasteiger partial charge on any atom is 0.454 e. The molecule has 1 amide bonds. The number of benzene rings is 1. The van der Waals surface area contributed by atoms with E-state index in [1.54, 1.807) is 0 Å². The van der Waals surface area contributed by atoms with Gasteiger partial charge in [-0.15, -0.1) is 0 Å². The van der Waals surface area contributed by atoms with Gasteiger partial charge in [-0.05, 0) is 25.0 Å². The van der Waals surface area contributed by atoms with Gasteiger partial charge in [0.25, 0.3) is 11.7 Å². The van der Waals surface area contributed by atoms with Gasteiger partial charge in [-0.3, -0.25) is 9.59 Å². The fourth-order valence-electron chi connectivity index (χ4n) is 3.59. The van der Waals surface area contributed by atoms with E-state index in [2.05, 4.69) is 13.8 Å². The Hall–Kier alpha value is -1.85. The molecule has 0 radical (unpaired) electrons. The number of hydrogen-bond donors (Lipinski definition) is 0. The molecule has 0 aliphatic carbocycles. The van der Waals surface area contributed by atoms with Crippen LogP contribution in [0.25, 0.3) is 0 Å². The van der Waals surface area contributed by atoms with Crippen LogP contribution < -0.4 is 0 Å². The molecule has 0 saturated carbocycles. The summed E-state index contributed by atoms with van der Waals surface area (Å²) in [5.74, 6) is -2.06. The van der Waals surface area contributed by atoms with Crippen molar-refractivity contribution < 1.29 is 22.8 Å². The van der Waals surface area contributed by atoms with Gasteiger partial charge in [-0.25, -0.2) is 0 Å². The molecule has 1 rings (SSSR count). The van der Waals surface area contributed by atoms with Crippen molar-refractivity contribution in [3.63, 3.8) is 0 Å². The zero-order valence-electron chi connectivity index (χ0n) is 19.1. The molecule has 31 heavy (non-hydrogen) atoms. The summed E-state index contributed by atoms with van der Waals surface area (Å²) >= 11 is 0. The zero-order valence-corrected chi connectivity index (χ0v) is 19.1. The molecule has 0 aliphatic heterocycles. The number of carbonyl (C=O) groups excluding carboxylic acids is 2. The van der Waals surface area contributed by atoms with Crippen molar-refractivity contribution >= 4 is 11.7 Å². The van der Waals surface area contributed by atoms with Crippen molar-refractivity contribution in [1.29, 1.82) is 0 Å². The van der Waals surface area contributed by atoms with Crippen LogP contribution in [0.1, 0.15) is 112 Å². The van der Waals surface area contributed by atoms with Crippen LogP contribution in [0.5, 0.6) is 0 Å². The monoisotopic (exact) mass is 441 g/mol. The van der Waals surface area contributed by atoms with Crippen LogP contribution in [0.2, 0.25) is 0 Å². The maximum atomic E-state index is 13.0. The van der Waals surface area contributed by atoms with E-state index >= 15 is 0 Å². The van der Waals surface area contributed by atoms with Crippen LogP contribution in [0.4, 0.5) is 13.2 Å². The van der Waals surface area contributed by atoms with E-state index in [4.69, 9.17) is 0 Å². The van der Waals surface area contributed by atoms with Crippen molar-refractivity contribution in [3.05, 3.63) is 35.4 Å². The van der Waals surface area contributed by atoms with Gasteiger partial charge in [0.05, 0.1) is 0 Å². The second-order valence-electron chi connectivity index (χ2n) is 8.23. The maximum absolute atomic E-state index is 13.0. The van der Waals surface area contributed by atoms with Crippen LogP contribution in [0, 0.1) is 0 Å². The number of hydrogen-bond acceptors (Lipinski definition) is 2. The van der Waals surface area contributed by atoms with E-state index in [0.717, 1.165) is 50.7 Å². The lowest BCUT2D eigenvalue weighted by Crippen LogP contribution is -2.33. The van der Waals surface area contributed by atoms with E-state index in [1.807, 2.05) is 4.90 Å². The molecule has 0 aromatic heterocycles. The Kier molecular flexibility index (Phi) is 13.2. The number of alkyl halides is 3. The average molecular weight is 442 g/mol. The Balaban J connectivity index is 2.68. The first-order valence-electron chi connectivity index (χ1n) is 11.8. The lowest BCUT2D eigenvalue weighted by molar-refractivity contribution is -0.0885. The molecule has 0 saturated heterocycles. The molecule has 0 N–H and O–H groups in total. The SMILES string of the molecule is CCCCCCCCN(CCCCCCCC)C(=O)c1ccc(C(=O)C(F)(F)F)cc1. The van der Waals surface area contributed by atoms with E-state index in [9.17, 15) is 22.8 Å². The third kappa shape index (κ3) is 10.8. The minimum Gasteiger partial charge on any atom is -0.339 e. The van der Waals surface area contributed by atoms with Crippen molar-refractivity contribution in [3.8, 4) is 0 Å². The van der Waals surface area contributed by atoms with E-state index in [0.29, 0.717) is 18.7 Å². The molecular weight excluding hydrogens is 403 g/mol. The number of nitrogens with zero attached hydrogens (tertiary/aromatic N) is 1. The van der Waals surface area contributed by atoms with Gasteiger partial charge >= 0.3 is 6.18 Å². The van der Waals surface area contributed by atoms with Gasteiger partial charge in [0.1, 0.15) is 0 Å². The molecule has 3 nitrogen and oxygen atoms in total. The number of Topliss-reactive ketones (excluding diaryl/α,β-unsaturated/α-hetero) is 1. The Morgan fingerprint density at radius 3 is 1.48 bits per heavy atom. The molecule has 0 unspecified atom stereocenters. The Morgan fingerprint density at radius 2 is 1.06 bits per heavy atom. The highest BCUT2D eigenvalue weighted by Crippen LogP contribution is 2.22. The smallest absolute Gasteiger partial charge is 0.339 e. The minimum atomic E-state index is -4.91. The topological polar surface area (TPSA) is 37.4 Å². The molecule has 0 heterocycles. The highest BCUT2D eigenvalue weighted by atomic mass is 19.4. The van der Waals surface area contributed by atoms with Gasteiger partial charge in [-0.1, -0.05) is 90.2 Å². The molecular formula is C25H38F3NO2. The van der Waals surface area contributed by atoms with E-state index < -0.39 is 17.5 Å². The number of carbonyl (C=O) groups is 2. The fourth-order valence-corrected chi connectivity index (χ4v) is 3.59. The number of ketones is 1. The summed E-state index contributed by atoms with van der Waals surface area (Å²) in [5, 5.41) is 0. The number of rotatable bonds is 16. The quantitative estimate of drug-likeness (QED) is 0.196. The number of amides is 1. The lowest BCUT2D eigenvalue weighted by atomic mass is 10.1. The minimum absolute atomic E-state index is 0.173. The average Bonchev–Trinajstić information content (AvgIpc) is 2.75.